The van der Waals surface area contributed by atoms with E-state index in [1.165, 1.54) is 12.7 Å². The first-order valence-electron chi connectivity index (χ1n) is 5.45. The largest absolute Gasteiger partial charge is 0.451 e. The second-order valence-corrected chi connectivity index (χ2v) is 5.85. The van der Waals surface area contributed by atoms with Gasteiger partial charge in [-0.1, -0.05) is 29.8 Å². The molecule has 0 radical (unpaired) electrons. The summed E-state index contributed by atoms with van der Waals surface area (Å²) in [5.41, 5.74) is 2.42. The van der Waals surface area contributed by atoms with Crippen molar-refractivity contribution in [3.05, 3.63) is 53.7 Å². The molecule has 0 aliphatic heterocycles. The van der Waals surface area contributed by atoms with Crippen LogP contribution in [0.15, 0.2) is 41.3 Å². The van der Waals surface area contributed by atoms with Gasteiger partial charge in [0.25, 0.3) is 0 Å². The van der Waals surface area contributed by atoms with Crippen LogP contribution in [0.5, 0.6) is 0 Å². The average Bonchev–Trinajstić information content (AvgIpc) is 2.83. The Kier molecular flexibility index (Phi) is 3.78. The van der Waals surface area contributed by atoms with Gasteiger partial charge in [0.05, 0.1) is 18.0 Å². The Balaban J connectivity index is 1.97. The fourth-order valence-electron chi connectivity index (χ4n) is 1.46. The van der Waals surface area contributed by atoms with Crippen LogP contribution in [0.3, 0.4) is 0 Å². The van der Waals surface area contributed by atoms with Crippen LogP contribution in [0.2, 0.25) is 0 Å². The van der Waals surface area contributed by atoms with Crippen molar-refractivity contribution in [2.45, 2.75) is 19.2 Å². The molecular formula is C12H14N2O3S. The molecule has 0 aliphatic carbocycles. The van der Waals surface area contributed by atoms with Crippen molar-refractivity contribution in [1.82, 2.24) is 9.71 Å². The molecule has 5 nitrogen and oxygen atoms in total. The molecule has 0 saturated carbocycles. The smallest absolute Gasteiger partial charge is 0.216 e. The summed E-state index contributed by atoms with van der Waals surface area (Å²) in [4.78, 5) is 3.84. The molecule has 0 bridgehead atoms. The standard InChI is InChI=1S/C12H14N2O3S/c1-10-2-4-11(5-3-10)8-18(15,16)14-6-12-7-17-9-13-12/h2-5,7,9,14H,6,8H2,1H3. The summed E-state index contributed by atoms with van der Waals surface area (Å²) in [7, 11) is -3.36. The summed E-state index contributed by atoms with van der Waals surface area (Å²) < 4.78 is 30.9. The highest BCUT2D eigenvalue weighted by molar-refractivity contribution is 7.88. The molecule has 2 rings (SSSR count). The zero-order chi connectivity index (χ0) is 13.0. The number of hydrogen-bond donors (Lipinski definition) is 1. The fourth-order valence-corrected chi connectivity index (χ4v) is 2.56. The number of aryl methyl sites for hydroxylation is 1. The summed E-state index contributed by atoms with van der Waals surface area (Å²) in [6, 6.07) is 7.40. The number of oxazole rings is 1. The lowest BCUT2D eigenvalue weighted by Crippen LogP contribution is -2.24. The quantitative estimate of drug-likeness (QED) is 0.892. The molecule has 1 aromatic carbocycles. The Labute approximate surface area is 106 Å². The third-order valence-electron chi connectivity index (χ3n) is 2.43. The van der Waals surface area contributed by atoms with Gasteiger partial charge in [-0.05, 0) is 12.5 Å². The molecule has 1 heterocycles. The van der Waals surface area contributed by atoms with Crippen molar-refractivity contribution in [2.24, 2.45) is 0 Å². The summed E-state index contributed by atoms with van der Waals surface area (Å²) in [5, 5.41) is 0. The van der Waals surface area contributed by atoms with Crippen LogP contribution >= 0.6 is 0 Å². The molecule has 0 saturated heterocycles. The van der Waals surface area contributed by atoms with Crippen LogP contribution in [0.25, 0.3) is 0 Å². The molecule has 2 aromatic rings. The fraction of sp³-hybridized carbons (Fsp3) is 0.250. The summed E-state index contributed by atoms with van der Waals surface area (Å²) in [6.45, 7) is 2.10. The molecule has 96 valence electrons. The molecule has 0 atom stereocenters. The maximum Gasteiger partial charge on any atom is 0.216 e. The van der Waals surface area contributed by atoms with Crippen LogP contribution in [0, 0.1) is 6.92 Å². The lowest BCUT2D eigenvalue weighted by molar-refractivity contribution is 0.555. The van der Waals surface area contributed by atoms with Gasteiger partial charge in [-0.3, -0.25) is 0 Å². The van der Waals surface area contributed by atoms with Crippen molar-refractivity contribution < 1.29 is 12.8 Å². The van der Waals surface area contributed by atoms with E-state index >= 15 is 0 Å². The SMILES string of the molecule is Cc1ccc(CS(=O)(=O)NCc2cocn2)cc1. The molecule has 6 heteroatoms. The van der Waals surface area contributed by atoms with Crippen molar-refractivity contribution in [3.63, 3.8) is 0 Å². The van der Waals surface area contributed by atoms with E-state index in [2.05, 4.69) is 9.71 Å². The lowest BCUT2D eigenvalue weighted by atomic mass is 10.2. The lowest BCUT2D eigenvalue weighted by Gasteiger charge is -2.05. The number of benzene rings is 1. The third-order valence-corrected chi connectivity index (χ3v) is 3.73. The van der Waals surface area contributed by atoms with Crippen LogP contribution in [0.4, 0.5) is 0 Å². The van der Waals surface area contributed by atoms with Gasteiger partial charge in [0, 0.05) is 0 Å². The first kappa shape index (κ1) is 12.8. The topological polar surface area (TPSA) is 72.2 Å². The molecule has 0 spiro atoms. The Morgan fingerprint density at radius 1 is 1.28 bits per heavy atom. The van der Waals surface area contributed by atoms with Crippen molar-refractivity contribution in [1.29, 1.82) is 0 Å². The van der Waals surface area contributed by atoms with Gasteiger partial charge in [0.2, 0.25) is 10.0 Å². The van der Waals surface area contributed by atoms with Gasteiger partial charge in [0.1, 0.15) is 6.26 Å². The minimum atomic E-state index is -3.36. The van der Waals surface area contributed by atoms with Crippen LogP contribution < -0.4 is 4.72 Å². The molecule has 0 aliphatic rings. The van der Waals surface area contributed by atoms with E-state index in [1.54, 1.807) is 0 Å². The van der Waals surface area contributed by atoms with E-state index in [-0.39, 0.29) is 12.3 Å². The summed E-state index contributed by atoms with van der Waals surface area (Å²) in [6.07, 6.45) is 2.68. The van der Waals surface area contributed by atoms with E-state index in [0.29, 0.717) is 5.69 Å². The van der Waals surface area contributed by atoms with Crippen LogP contribution in [-0.2, 0) is 22.3 Å². The van der Waals surface area contributed by atoms with E-state index in [0.717, 1.165) is 11.1 Å². The molecule has 0 amide bonds. The maximum atomic E-state index is 11.8. The second-order valence-electron chi connectivity index (χ2n) is 4.05. The van der Waals surface area contributed by atoms with E-state index < -0.39 is 10.0 Å². The Morgan fingerprint density at radius 2 is 2.00 bits per heavy atom. The van der Waals surface area contributed by atoms with E-state index in [1.807, 2.05) is 31.2 Å². The number of sulfonamides is 1. The van der Waals surface area contributed by atoms with Gasteiger partial charge in [-0.15, -0.1) is 0 Å². The number of nitrogens with zero attached hydrogens (tertiary/aromatic N) is 1. The van der Waals surface area contributed by atoms with Crippen LogP contribution in [-0.4, -0.2) is 13.4 Å². The normalized spacial score (nSPS) is 11.6. The Hall–Kier alpha value is -1.66. The molecule has 1 N–H and O–H groups in total. The summed E-state index contributed by atoms with van der Waals surface area (Å²) >= 11 is 0. The predicted molar refractivity (Wildman–Crippen MR) is 67.1 cm³/mol. The Morgan fingerprint density at radius 3 is 2.61 bits per heavy atom. The predicted octanol–water partition coefficient (Wildman–Crippen LogP) is 1.60. The molecular weight excluding hydrogens is 252 g/mol. The molecule has 18 heavy (non-hydrogen) atoms. The minimum absolute atomic E-state index is 0.0366. The van der Waals surface area contributed by atoms with Crippen molar-refractivity contribution in [2.75, 3.05) is 0 Å². The second kappa shape index (κ2) is 5.32. The van der Waals surface area contributed by atoms with Gasteiger partial charge < -0.3 is 4.42 Å². The average molecular weight is 266 g/mol. The first-order valence-corrected chi connectivity index (χ1v) is 7.10. The highest BCUT2D eigenvalue weighted by Gasteiger charge is 2.11. The monoisotopic (exact) mass is 266 g/mol. The van der Waals surface area contributed by atoms with Crippen LogP contribution in [0.1, 0.15) is 16.8 Å². The summed E-state index contributed by atoms with van der Waals surface area (Å²) in [5.74, 6) is -0.0366. The number of hydrogen-bond acceptors (Lipinski definition) is 4. The minimum Gasteiger partial charge on any atom is -0.451 e. The molecule has 0 unspecified atom stereocenters. The van der Waals surface area contributed by atoms with Gasteiger partial charge in [-0.2, -0.15) is 0 Å². The van der Waals surface area contributed by atoms with Gasteiger partial charge in [0.15, 0.2) is 6.39 Å². The zero-order valence-electron chi connectivity index (χ0n) is 9.96. The number of rotatable bonds is 5. The Bertz CT molecular complexity index is 589. The van der Waals surface area contributed by atoms with Gasteiger partial charge in [-0.25, -0.2) is 18.1 Å². The number of nitrogens with one attached hydrogen (secondary N) is 1. The van der Waals surface area contributed by atoms with Crippen molar-refractivity contribution >= 4 is 10.0 Å². The number of aromatic nitrogens is 1. The highest BCUT2D eigenvalue weighted by Crippen LogP contribution is 2.07. The van der Waals surface area contributed by atoms with E-state index in [9.17, 15) is 8.42 Å². The van der Waals surface area contributed by atoms with Gasteiger partial charge >= 0.3 is 0 Å². The van der Waals surface area contributed by atoms with E-state index in [4.69, 9.17) is 4.42 Å². The third kappa shape index (κ3) is 3.68. The highest BCUT2D eigenvalue weighted by atomic mass is 32.2. The maximum absolute atomic E-state index is 11.8. The molecule has 1 aromatic heterocycles. The van der Waals surface area contributed by atoms with Crippen molar-refractivity contribution in [3.8, 4) is 0 Å². The zero-order valence-corrected chi connectivity index (χ0v) is 10.8. The first-order chi connectivity index (χ1) is 8.55. The molecule has 0 fully saturated rings.